The molecule has 122 valence electrons. The van der Waals surface area contributed by atoms with Gasteiger partial charge in [0.1, 0.15) is 0 Å². The highest BCUT2D eigenvalue weighted by Crippen LogP contribution is 2.17. The molecule has 1 aromatic heterocycles. The molecule has 23 heavy (non-hydrogen) atoms. The molecule has 0 amide bonds. The van der Waals surface area contributed by atoms with Crippen LogP contribution in [0.5, 0.6) is 0 Å². The Hall–Kier alpha value is -2.70. The number of nitrogens with zero attached hydrogens (tertiary/aromatic N) is 3. The van der Waals surface area contributed by atoms with Crippen molar-refractivity contribution in [2.75, 3.05) is 6.61 Å². The minimum Gasteiger partial charge on any atom is -0.466 e. The fourth-order valence-electron chi connectivity index (χ4n) is 2.06. The first kappa shape index (κ1) is 16.7. The van der Waals surface area contributed by atoms with Crippen molar-refractivity contribution in [1.82, 2.24) is 9.78 Å². The van der Waals surface area contributed by atoms with E-state index in [4.69, 9.17) is 4.74 Å². The van der Waals surface area contributed by atoms with Gasteiger partial charge >= 0.3 is 5.97 Å². The van der Waals surface area contributed by atoms with Crippen LogP contribution in [0.1, 0.15) is 25.5 Å². The van der Waals surface area contributed by atoms with E-state index in [1.54, 1.807) is 6.92 Å². The Morgan fingerprint density at radius 1 is 1.22 bits per heavy atom. The van der Waals surface area contributed by atoms with Crippen molar-refractivity contribution >= 4 is 17.3 Å². The van der Waals surface area contributed by atoms with Crippen LogP contribution in [0, 0.1) is 6.92 Å². The topological polar surface area (TPSA) is 88.8 Å². The fraction of sp³-hybridized carbons (Fsp3) is 0.375. The summed E-state index contributed by atoms with van der Waals surface area (Å²) in [6, 6.07) is 9.25. The number of carbonyl (C=O) groups is 1. The second-order valence-electron chi connectivity index (χ2n) is 5.12. The first-order valence-electron chi connectivity index (χ1n) is 7.47. The van der Waals surface area contributed by atoms with Gasteiger partial charge in [-0.05, 0) is 31.9 Å². The lowest BCUT2D eigenvalue weighted by Crippen LogP contribution is -2.16. The Morgan fingerprint density at radius 3 is 2.65 bits per heavy atom. The van der Waals surface area contributed by atoms with Crippen LogP contribution in [0.3, 0.4) is 0 Å². The molecule has 0 radical (unpaired) electrons. The maximum atomic E-state index is 12.3. The van der Waals surface area contributed by atoms with Crippen LogP contribution in [0.2, 0.25) is 0 Å². The molecule has 0 aliphatic carbocycles. The van der Waals surface area contributed by atoms with Crippen LogP contribution in [0.25, 0.3) is 0 Å². The summed E-state index contributed by atoms with van der Waals surface area (Å²) in [5.41, 5.74) is 1.48. The van der Waals surface area contributed by atoms with Crippen molar-refractivity contribution in [3.05, 3.63) is 46.4 Å². The fourth-order valence-corrected chi connectivity index (χ4v) is 2.06. The van der Waals surface area contributed by atoms with Crippen LogP contribution in [0.4, 0.5) is 11.4 Å². The summed E-state index contributed by atoms with van der Waals surface area (Å²) < 4.78 is 6.36. The smallest absolute Gasteiger partial charge is 0.302 e. The lowest BCUT2D eigenvalue weighted by atomic mass is 10.3. The van der Waals surface area contributed by atoms with Gasteiger partial charge in [0.2, 0.25) is 0 Å². The summed E-state index contributed by atoms with van der Waals surface area (Å²) in [6.07, 6.45) is 1.42. The monoisotopic (exact) mass is 316 g/mol. The molecule has 0 saturated carbocycles. The molecule has 0 fully saturated rings. The molecule has 1 N–H and O–H groups in total. The Labute approximate surface area is 134 Å². The summed E-state index contributed by atoms with van der Waals surface area (Å²) in [5.74, 6) is -0.290. The first-order valence-corrected chi connectivity index (χ1v) is 7.47. The molecular formula is C16H20N4O3. The van der Waals surface area contributed by atoms with E-state index in [0.29, 0.717) is 36.6 Å². The standard InChI is InChI=1S/C16H20N4O3/c1-12-15(18-17-14-8-4-3-5-9-14)16(22)20(19-12)10-6-7-11-23-13(2)21/h3-5,8-9,19H,6-7,10-11H2,1-2H3. The summed E-state index contributed by atoms with van der Waals surface area (Å²) in [4.78, 5) is 22.9. The molecule has 1 heterocycles. The van der Waals surface area contributed by atoms with Crippen molar-refractivity contribution in [3.8, 4) is 0 Å². The highest BCUT2D eigenvalue weighted by Gasteiger charge is 2.10. The number of nitrogens with one attached hydrogen (secondary N) is 1. The number of aromatic amines is 1. The normalized spacial score (nSPS) is 11.0. The molecule has 0 aliphatic rings. The SMILES string of the molecule is CC(=O)OCCCCn1[nH]c(C)c(N=Nc2ccccc2)c1=O. The highest BCUT2D eigenvalue weighted by atomic mass is 16.5. The number of ether oxygens (including phenoxy) is 1. The van der Waals surface area contributed by atoms with E-state index in [-0.39, 0.29) is 11.5 Å². The van der Waals surface area contributed by atoms with E-state index in [1.165, 1.54) is 11.6 Å². The van der Waals surface area contributed by atoms with Crippen LogP contribution < -0.4 is 5.56 Å². The number of azo groups is 1. The number of esters is 1. The van der Waals surface area contributed by atoms with Gasteiger partial charge in [-0.3, -0.25) is 19.4 Å². The minimum absolute atomic E-state index is 0.199. The number of aryl methyl sites for hydroxylation is 2. The second kappa shape index (κ2) is 8.07. The van der Waals surface area contributed by atoms with Crippen molar-refractivity contribution in [3.63, 3.8) is 0 Å². The Balaban J connectivity index is 1.98. The third kappa shape index (κ3) is 4.91. The van der Waals surface area contributed by atoms with Gasteiger partial charge in [-0.15, -0.1) is 5.11 Å². The Morgan fingerprint density at radius 2 is 1.96 bits per heavy atom. The van der Waals surface area contributed by atoms with E-state index in [0.717, 1.165) is 6.42 Å². The van der Waals surface area contributed by atoms with Gasteiger partial charge in [0.15, 0.2) is 5.69 Å². The molecule has 0 aliphatic heterocycles. The molecule has 2 aromatic rings. The Bertz CT molecular complexity index is 732. The molecule has 0 saturated heterocycles. The number of carbonyl (C=O) groups excluding carboxylic acids is 1. The van der Waals surface area contributed by atoms with E-state index in [9.17, 15) is 9.59 Å². The zero-order chi connectivity index (χ0) is 16.7. The Kier molecular flexibility index (Phi) is 5.85. The number of rotatable bonds is 7. The van der Waals surface area contributed by atoms with Crippen molar-refractivity contribution in [2.45, 2.75) is 33.2 Å². The summed E-state index contributed by atoms with van der Waals surface area (Å²) in [6.45, 7) is 4.05. The van der Waals surface area contributed by atoms with Crippen LogP contribution >= 0.6 is 0 Å². The predicted molar refractivity (Wildman–Crippen MR) is 86.3 cm³/mol. The largest absolute Gasteiger partial charge is 0.466 e. The molecule has 0 atom stereocenters. The average Bonchev–Trinajstić information content (AvgIpc) is 2.80. The number of hydrogen-bond acceptors (Lipinski definition) is 5. The predicted octanol–water partition coefficient (Wildman–Crippen LogP) is 3.24. The molecule has 0 unspecified atom stereocenters. The second-order valence-corrected chi connectivity index (χ2v) is 5.12. The molecule has 7 nitrogen and oxygen atoms in total. The van der Waals surface area contributed by atoms with Gasteiger partial charge in [0, 0.05) is 13.5 Å². The van der Waals surface area contributed by atoms with Gasteiger partial charge in [-0.25, -0.2) is 0 Å². The number of hydrogen-bond donors (Lipinski definition) is 1. The molecule has 1 aromatic carbocycles. The lowest BCUT2D eigenvalue weighted by molar-refractivity contribution is -0.141. The number of H-pyrrole nitrogens is 1. The van der Waals surface area contributed by atoms with E-state index < -0.39 is 0 Å². The summed E-state index contributed by atoms with van der Waals surface area (Å²) in [7, 11) is 0. The lowest BCUT2D eigenvalue weighted by Gasteiger charge is -2.02. The van der Waals surface area contributed by atoms with Crippen LogP contribution in [-0.4, -0.2) is 22.4 Å². The quantitative estimate of drug-likeness (QED) is 0.483. The minimum atomic E-state index is -0.290. The van der Waals surface area contributed by atoms with Gasteiger partial charge in [-0.1, -0.05) is 18.2 Å². The van der Waals surface area contributed by atoms with Crippen LogP contribution in [0.15, 0.2) is 45.4 Å². The zero-order valence-corrected chi connectivity index (χ0v) is 13.3. The maximum Gasteiger partial charge on any atom is 0.302 e. The highest BCUT2D eigenvalue weighted by molar-refractivity contribution is 5.65. The van der Waals surface area contributed by atoms with Gasteiger partial charge < -0.3 is 4.74 Å². The first-order chi connectivity index (χ1) is 11.1. The molecule has 0 bridgehead atoms. The van der Waals surface area contributed by atoms with Gasteiger partial charge in [0.05, 0.1) is 18.0 Å². The zero-order valence-electron chi connectivity index (χ0n) is 13.3. The van der Waals surface area contributed by atoms with Crippen LogP contribution in [-0.2, 0) is 16.1 Å². The molecule has 7 heteroatoms. The number of benzene rings is 1. The summed E-state index contributed by atoms with van der Waals surface area (Å²) in [5, 5.41) is 11.1. The maximum absolute atomic E-state index is 12.3. The molecular weight excluding hydrogens is 296 g/mol. The van der Waals surface area contributed by atoms with Crippen molar-refractivity contribution in [2.24, 2.45) is 10.2 Å². The van der Waals surface area contributed by atoms with Crippen molar-refractivity contribution in [1.29, 1.82) is 0 Å². The van der Waals surface area contributed by atoms with Gasteiger partial charge in [0.25, 0.3) is 5.56 Å². The molecule has 2 rings (SSSR count). The third-order valence-corrected chi connectivity index (χ3v) is 3.21. The van der Waals surface area contributed by atoms with Gasteiger partial charge in [-0.2, -0.15) is 5.11 Å². The third-order valence-electron chi connectivity index (χ3n) is 3.21. The summed E-state index contributed by atoms with van der Waals surface area (Å²) >= 11 is 0. The number of aromatic nitrogens is 2. The van der Waals surface area contributed by atoms with E-state index in [1.807, 2.05) is 30.3 Å². The van der Waals surface area contributed by atoms with Crippen molar-refractivity contribution < 1.29 is 9.53 Å². The van der Waals surface area contributed by atoms with E-state index >= 15 is 0 Å². The van der Waals surface area contributed by atoms with E-state index in [2.05, 4.69) is 15.3 Å². The molecule has 0 spiro atoms. The number of unbranched alkanes of at least 4 members (excludes halogenated alkanes) is 1. The average molecular weight is 316 g/mol.